The van der Waals surface area contributed by atoms with Crippen LogP contribution in [0.15, 0.2) is 61.1 Å². The zero-order chi connectivity index (χ0) is 13.9. The number of rotatable bonds is 2. The van der Waals surface area contributed by atoms with Crippen LogP contribution in [-0.2, 0) is 0 Å². The van der Waals surface area contributed by atoms with Crippen LogP contribution in [0.3, 0.4) is 0 Å². The first-order chi connectivity index (χ1) is 9.75. The van der Waals surface area contributed by atoms with Gasteiger partial charge in [-0.25, -0.2) is 4.79 Å². The summed E-state index contributed by atoms with van der Waals surface area (Å²) in [6.45, 7) is 0. The van der Waals surface area contributed by atoms with Crippen LogP contribution in [0.5, 0.6) is 0 Å². The summed E-state index contributed by atoms with van der Waals surface area (Å²) >= 11 is 0. The maximum absolute atomic E-state index is 11.7. The van der Waals surface area contributed by atoms with Crippen LogP contribution >= 0.6 is 0 Å². The van der Waals surface area contributed by atoms with Crippen LogP contribution in [-0.4, -0.2) is 16.0 Å². The molecule has 0 spiro atoms. The molecular formula is C15H12N4O. The third kappa shape index (κ3) is 2.16. The van der Waals surface area contributed by atoms with Crippen molar-refractivity contribution >= 4 is 28.3 Å². The minimum atomic E-state index is -0.574. The molecule has 1 aromatic carbocycles. The molecule has 2 aromatic heterocycles. The van der Waals surface area contributed by atoms with Gasteiger partial charge < -0.3 is 5.73 Å². The Bertz CT molecular complexity index is 758. The van der Waals surface area contributed by atoms with Gasteiger partial charge in [0.1, 0.15) is 0 Å². The number of amides is 2. The van der Waals surface area contributed by atoms with Crippen LogP contribution in [0.1, 0.15) is 0 Å². The van der Waals surface area contributed by atoms with E-state index in [-0.39, 0.29) is 0 Å². The highest BCUT2D eigenvalue weighted by Gasteiger charge is 2.15. The Labute approximate surface area is 115 Å². The number of para-hydroxylation sites is 1. The number of nitrogens with zero attached hydrogens (tertiary/aromatic N) is 3. The van der Waals surface area contributed by atoms with Gasteiger partial charge in [0.25, 0.3) is 0 Å². The lowest BCUT2D eigenvalue weighted by molar-refractivity contribution is 0.256. The van der Waals surface area contributed by atoms with E-state index in [1.165, 1.54) is 4.90 Å². The van der Waals surface area contributed by atoms with E-state index in [0.29, 0.717) is 11.4 Å². The van der Waals surface area contributed by atoms with E-state index in [9.17, 15) is 4.79 Å². The van der Waals surface area contributed by atoms with Gasteiger partial charge in [0.15, 0.2) is 0 Å². The average Bonchev–Trinajstić information content (AvgIpc) is 2.48. The Hall–Kier alpha value is -2.95. The summed E-state index contributed by atoms with van der Waals surface area (Å²) in [5.74, 6) is 0. The Morgan fingerprint density at radius 2 is 1.90 bits per heavy atom. The minimum Gasteiger partial charge on any atom is -0.351 e. The number of nitrogens with two attached hydrogens (primary N) is 1. The molecular weight excluding hydrogens is 252 g/mol. The Morgan fingerprint density at radius 1 is 1.05 bits per heavy atom. The van der Waals surface area contributed by atoms with Crippen LogP contribution in [0.2, 0.25) is 0 Å². The van der Waals surface area contributed by atoms with Crippen LogP contribution < -0.4 is 10.6 Å². The first-order valence-corrected chi connectivity index (χ1v) is 6.10. The molecule has 2 heterocycles. The molecule has 2 amide bonds. The van der Waals surface area contributed by atoms with Gasteiger partial charge in [-0.3, -0.25) is 14.9 Å². The number of hydrogen-bond donors (Lipinski definition) is 1. The zero-order valence-electron chi connectivity index (χ0n) is 10.6. The molecule has 0 unspecified atom stereocenters. The fraction of sp³-hybridized carbons (Fsp3) is 0. The molecule has 2 N–H and O–H groups in total. The number of anilines is 2. The van der Waals surface area contributed by atoms with Gasteiger partial charge in [0.2, 0.25) is 0 Å². The fourth-order valence-corrected chi connectivity index (χ4v) is 2.07. The van der Waals surface area contributed by atoms with Gasteiger partial charge in [-0.05, 0) is 24.3 Å². The maximum atomic E-state index is 11.7. The SMILES string of the molecule is NC(=O)N(c1cccnc1)c1cnc2ccccc2c1. The van der Waals surface area contributed by atoms with Gasteiger partial charge in [-0.2, -0.15) is 0 Å². The Morgan fingerprint density at radius 3 is 2.65 bits per heavy atom. The number of fused-ring (bicyclic) bond motifs is 1. The standard InChI is InChI=1S/C15H12N4O/c16-15(20)19(12-5-3-7-17-9-12)13-8-11-4-1-2-6-14(11)18-10-13/h1-10H,(H2,16,20). The molecule has 3 rings (SSSR count). The number of benzene rings is 1. The van der Waals surface area contributed by atoms with E-state index in [1.807, 2.05) is 30.3 Å². The van der Waals surface area contributed by atoms with E-state index < -0.39 is 6.03 Å². The van der Waals surface area contributed by atoms with Gasteiger partial charge in [0, 0.05) is 11.6 Å². The van der Waals surface area contributed by atoms with Gasteiger partial charge in [-0.1, -0.05) is 18.2 Å². The molecule has 0 aliphatic rings. The van der Waals surface area contributed by atoms with E-state index >= 15 is 0 Å². The lowest BCUT2D eigenvalue weighted by Gasteiger charge is -2.20. The molecule has 0 saturated carbocycles. The second-order valence-corrected chi connectivity index (χ2v) is 4.27. The average molecular weight is 264 g/mol. The van der Waals surface area contributed by atoms with E-state index in [1.54, 1.807) is 30.7 Å². The summed E-state index contributed by atoms with van der Waals surface area (Å²) < 4.78 is 0. The minimum absolute atomic E-state index is 0.574. The molecule has 0 atom stereocenters. The topological polar surface area (TPSA) is 72.1 Å². The quantitative estimate of drug-likeness (QED) is 0.773. The van der Waals surface area contributed by atoms with Crippen LogP contribution in [0.4, 0.5) is 16.2 Å². The van der Waals surface area contributed by atoms with Crippen molar-refractivity contribution in [3.63, 3.8) is 0 Å². The summed E-state index contributed by atoms with van der Waals surface area (Å²) in [7, 11) is 0. The van der Waals surface area contributed by atoms with Crippen molar-refractivity contribution in [1.82, 2.24) is 9.97 Å². The van der Waals surface area contributed by atoms with Crippen molar-refractivity contribution < 1.29 is 4.79 Å². The third-order valence-corrected chi connectivity index (χ3v) is 2.96. The summed E-state index contributed by atoms with van der Waals surface area (Å²) in [5.41, 5.74) is 7.57. The Balaban J connectivity index is 2.13. The van der Waals surface area contributed by atoms with Crippen molar-refractivity contribution in [2.75, 3.05) is 4.90 Å². The fourth-order valence-electron chi connectivity index (χ4n) is 2.07. The first kappa shape index (κ1) is 12.1. The summed E-state index contributed by atoms with van der Waals surface area (Å²) in [6.07, 6.45) is 4.85. The van der Waals surface area contributed by atoms with Crippen molar-refractivity contribution in [2.24, 2.45) is 5.73 Å². The molecule has 5 nitrogen and oxygen atoms in total. The van der Waals surface area contributed by atoms with Gasteiger partial charge in [0.05, 0.1) is 29.3 Å². The molecule has 20 heavy (non-hydrogen) atoms. The number of pyridine rings is 2. The number of carbonyl (C=O) groups is 1. The molecule has 0 saturated heterocycles. The predicted molar refractivity (Wildman–Crippen MR) is 77.7 cm³/mol. The molecule has 0 radical (unpaired) electrons. The predicted octanol–water partition coefficient (Wildman–Crippen LogP) is 2.85. The second-order valence-electron chi connectivity index (χ2n) is 4.27. The van der Waals surface area contributed by atoms with Crippen molar-refractivity contribution in [1.29, 1.82) is 0 Å². The highest BCUT2D eigenvalue weighted by atomic mass is 16.2. The smallest absolute Gasteiger partial charge is 0.323 e. The van der Waals surface area contributed by atoms with Gasteiger partial charge >= 0.3 is 6.03 Å². The highest BCUT2D eigenvalue weighted by molar-refractivity contribution is 5.99. The molecule has 3 aromatic rings. The molecule has 0 aliphatic heterocycles. The van der Waals surface area contributed by atoms with E-state index in [0.717, 1.165) is 10.9 Å². The van der Waals surface area contributed by atoms with Crippen molar-refractivity contribution in [3.8, 4) is 0 Å². The van der Waals surface area contributed by atoms with E-state index in [2.05, 4.69) is 9.97 Å². The van der Waals surface area contributed by atoms with Crippen LogP contribution in [0.25, 0.3) is 10.9 Å². The monoisotopic (exact) mass is 264 g/mol. The number of primary amides is 1. The van der Waals surface area contributed by atoms with Crippen molar-refractivity contribution in [3.05, 3.63) is 61.1 Å². The summed E-state index contributed by atoms with van der Waals surface area (Å²) in [5, 5.41) is 0.945. The lowest BCUT2D eigenvalue weighted by Crippen LogP contribution is -2.31. The Kier molecular flexibility index (Phi) is 3.01. The number of carbonyl (C=O) groups excluding carboxylic acids is 1. The largest absolute Gasteiger partial charge is 0.351 e. The summed E-state index contributed by atoms with van der Waals surface area (Å²) in [4.78, 5) is 21.5. The highest BCUT2D eigenvalue weighted by Crippen LogP contribution is 2.26. The maximum Gasteiger partial charge on any atom is 0.323 e. The van der Waals surface area contributed by atoms with Gasteiger partial charge in [-0.15, -0.1) is 0 Å². The number of aromatic nitrogens is 2. The lowest BCUT2D eigenvalue weighted by atomic mass is 10.2. The van der Waals surface area contributed by atoms with Crippen molar-refractivity contribution in [2.45, 2.75) is 0 Å². The molecule has 0 fully saturated rings. The second kappa shape index (κ2) is 4.97. The van der Waals surface area contributed by atoms with E-state index in [4.69, 9.17) is 5.73 Å². The zero-order valence-corrected chi connectivity index (χ0v) is 10.6. The van der Waals surface area contributed by atoms with Crippen LogP contribution in [0, 0.1) is 0 Å². The number of hydrogen-bond acceptors (Lipinski definition) is 3. The molecule has 98 valence electrons. The molecule has 5 heteroatoms. The molecule has 0 aliphatic carbocycles. The number of urea groups is 1. The first-order valence-electron chi connectivity index (χ1n) is 6.10. The summed E-state index contributed by atoms with van der Waals surface area (Å²) in [6, 6.07) is 12.5. The molecule has 0 bridgehead atoms. The normalized spacial score (nSPS) is 10.4. The third-order valence-electron chi connectivity index (χ3n) is 2.96.